The van der Waals surface area contributed by atoms with Crippen LogP contribution in [0.15, 0.2) is 48.7 Å². The topological polar surface area (TPSA) is 87.1 Å². The highest BCUT2D eigenvalue weighted by molar-refractivity contribution is 5.82. The maximum Gasteiger partial charge on any atom is 0.125 e. The molecule has 162 valence electrons. The van der Waals surface area contributed by atoms with Crippen molar-refractivity contribution in [1.29, 1.82) is 0 Å². The summed E-state index contributed by atoms with van der Waals surface area (Å²) in [5.41, 5.74) is 6.28. The Hall–Kier alpha value is -3.32. The van der Waals surface area contributed by atoms with Crippen molar-refractivity contribution in [3.05, 3.63) is 54.4 Å². The fraction of sp³-hybridized carbons (Fsp3) is 0.360. The van der Waals surface area contributed by atoms with Crippen LogP contribution in [0.4, 0.5) is 5.69 Å². The first-order valence-electron chi connectivity index (χ1n) is 11.3. The molecule has 3 aliphatic heterocycles. The summed E-state index contributed by atoms with van der Waals surface area (Å²) in [7, 11) is 2.08. The third-order valence-electron chi connectivity index (χ3n) is 7.10. The molecule has 3 aromatic rings. The van der Waals surface area contributed by atoms with Crippen molar-refractivity contribution < 1.29 is 5.11 Å². The van der Waals surface area contributed by atoms with Crippen LogP contribution in [0.3, 0.4) is 0 Å². The Balaban J connectivity index is 1.33. The molecule has 2 fully saturated rings. The second kappa shape index (κ2) is 7.67. The molecule has 0 amide bonds. The third kappa shape index (κ3) is 3.33. The van der Waals surface area contributed by atoms with E-state index in [1.165, 1.54) is 31.3 Å². The van der Waals surface area contributed by atoms with Gasteiger partial charge < -0.3 is 15.3 Å². The summed E-state index contributed by atoms with van der Waals surface area (Å²) >= 11 is 0. The molecule has 5 heterocycles. The van der Waals surface area contributed by atoms with E-state index in [0.717, 1.165) is 29.2 Å². The molecule has 0 saturated carbocycles. The Morgan fingerprint density at radius 2 is 1.84 bits per heavy atom. The first-order valence-corrected chi connectivity index (χ1v) is 11.3. The number of aromatic hydroxyl groups is 1. The normalized spacial score (nSPS) is 24.2. The lowest BCUT2D eigenvalue weighted by Crippen LogP contribution is -2.39. The van der Waals surface area contributed by atoms with Gasteiger partial charge in [-0.3, -0.25) is 0 Å². The summed E-state index contributed by atoms with van der Waals surface area (Å²) in [5, 5.41) is 31.7. The minimum atomic E-state index is 0.159. The van der Waals surface area contributed by atoms with E-state index in [1.807, 2.05) is 24.3 Å². The average molecular weight is 427 g/mol. The number of likely N-dealkylation sites (N-methyl/N-ethyl adjacent to an activating group) is 1. The van der Waals surface area contributed by atoms with E-state index in [1.54, 1.807) is 12.3 Å². The van der Waals surface area contributed by atoms with Gasteiger partial charge >= 0.3 is 0 Å². The number of fused-ring (bicyclic) bond motifs is 3. The number of piperidine rings is 1. The van der Waals surface area contributed by atoms with Gasteiger partial charge in [0.15, 0.2) is 0 Å². The number of nitrogens with one attached hydrogen (secondary N) is 1. The van der Waals surface area contributed by atoms with E-state index < -0.39 is 0 Å². The second-order valence-corrected chi connectivity index (χ2v) is 9.15. The Morgan fingerprint density at radius 3 is 2.59 bits per heavy atom. The van der Waals surface area contributed by atoms with Crippen LogP contribution in [0.2, 0.25) is 0 Å². The van der Waals surface area contributed by atoms with Gasteiger partial charge in [0.1, 0.15) is 11.4 Å². The van der Waals surface area contributed by atoms with Crippen molar-refractivity contribution in [2.75, 3.05) is 18.5 Å². The summed E-state index contributed by atoms with van der Waals surface area (Å²) in [4.78, 5) is 2.21. The molecule has 0 unspecified atom stereocenters. The third-order valence-corrected chi connectivity index (χ3v) is 7.10. The molecule has 6 rings (SSSR count). The van der Waals surface area contributed by atoms with Gasteiger partial charge in [0.2, 0.25) is 0 Å². The van der Waals surface area contributed by atoms with E-state index in [9.17, 15) is 5.11 Å². The fourth-order valence-electron chi connectivity index (χ4n) is 5.47. The van der Waals surface area contributed by atoms with Gasteiger partial charge in [-0.1, -0.05) is 12.1 Å². The zero-order valence-corrected chi connectivity index (χ0v) is 18.1. The lowest BCUT2D eigenvalue weighted by Gasteiger charge is -2.34. The Morgan fingerprint density at radius 1 is 1.00 bits per heavy atom. The molecule has 0 aliphatic carbocycles. The highest BCUT2D eigenvalue weighted by Gasteiger charge is 2.37. The number of allylic oxidation sites excluding steroid dienone is 1. The maximum absolute atomic E-state index is 10.7. The van der Waals surface area contributed by atoms with Gasteiger partial charge in [-0.15, -0.1) is 10.2 Å². The number of nitrogens with zero attached hydrogens (tertiary/aromatic N) is 5. The Kier molecular flexibility index (Phi) is 4.64. The summed E-state index contributed by atoms with van der Waals surface area (Å²) < 4.78 is 0. The van der Waals surface area contributed by atoms with E-state index >= 15 is 0 Å². The number of hydrogen-bond acceptors (Lipinski definition) is 7. The SMILES string of the molecule is CN1CC=C([C@@H]2C[C@H]3CC[C@@H](C2)N3)c2nnc(-c3ccc(-c4cccnn4)cc3O)cc21. The smallest absolute Gasteiger partial charge is 0.125 e. The van der Waals surface area contributed by atoms with Gasteiger partial charge in [0, 0.05) is 43.0 Å². The largest absolute Gasteiger partial charge is 0.507 e. The van der Waals surface area contributed by atoms with Crippen molar-refractivity contribution in [2.24, 2.45) is 5.92 Å². The maximum atomic E-state index is 10.7. The highest BCUT2D eigenvalue weighted by atomic mass is 16.3. The van der Waals surface area contributed by atoms with Crippen molar-refractivity contribution in [1.82, 2.24) is 25.7 Å². The molecule has 2 N–H and O–H groups in total. The van der Waals surface area contributed by atoms with Crippen LogP contribution in [0.1, 0.15) is 31.4 Å². The molecular formula is C25H26N6O. The zero-order chi connectivity index (χ0) is 21.7. The second-order valence-electron chi connectivity index (χ2n) is 9.15. The molecule has 0 spiro atoms. The summed E-state index contributed by atoms with van der Waals surface area (Å²) in [6.45, 7) is 0.865. The van der Waals surface area contributed by atoms with Crippen LogP contribution in [0, 0.1) is 5.92 Å². The van der Waals surface area contributed by atoms with E-state index in [4.69, 9.17) is 0 Å². The molecule has 3 atom stereocenters. The minimum absolute atomic E-state index is 0.159. The standard InChI is InChI=1S/C25H26N6O/c1-31-10-8-19(16-11-17-5-6-18(12-16)27-17)25-23(31)14-22(29-30-25)20-7-4-15(13-24(20)32)21-3-2-9-26-28-21/h2-4,7-9,13-14,16-18,27,32H,5-6,10-12H2,1H3/t16-,17-,18+. The van der Waals surface area contributed by atoms with Crippen LogP contribution in [0.5, 0.6) is 5.75 Å². The zero-order valence-electron chi connectivity index (χ0n) is 18.1. The number of aromatic nitrogens is 4. The lowest BCUT2D eigenvalue weighted by atomic mass is 9.82. The molecule has 2 saturated heterocycles. The van der Waals surface area contributed by atoms with Crippen molar-refractivity contribution in [3.63, 3.8) is 0 Å². The minimum Gasteiger partial charge on any atom is -0.507 e. The number of rotatable bonds is 3. The number of benzene rings is 1. The van der Waals surface area contributed by atoms with Gasteiger partial charge in [-0.05, 0) is 67.5 Å². The van der Waals surface area contributed by atoms with Crippen molar-refractivity contribution >= 4 is 11.3 Å². The average Bonchev–Trinajstić information content (AvgIpc) is 3.17. The van der Waals surface area contributed by atoms with Gasteiger partial charge in [-0.2, -0.15) is 10.2 Å². The number of anilines is 1. The summed E-state index contributed by atoms with van der Waals surface area (Å²) in [6.07, 6.45) is 8.90. The van der Waals surface area contributed by atoms with E-state index in [-0.39, 0.29) is 5.75 Å². The lowest BCUT2D eigenvalue weighted by molar-refractivity contribution is 0.351. The highest BCUT2D eigenvalue weighted by Crippen LogP contribution is 2.43. The Bertz CT molecular complexity index is 1180. The predicted octanol–water partition coefficient (Wildman–Crippen LogP) is 3.67. The van der Waals surface area contributed by atoms with E-state index in [2.05, 4.69) is 49.8 Å². The van der Waals surface area contributed by atoms with Crippen molar-refractivity contribution in [2.45, 2.75) is 37.8 Å². The molecular weight excluding hydrogens is 400 g/mol. The summed E-state index contributed by atoms with van der Waals surface area (Å²) in [6, 6.07) is 12.6. The molecule has 1 aromatic carbocycles. The summed E-state index contributed by atoms with van der Waals surface area (Å²) in [5.74, 6) is 0.701. The molecule has 2 aromatic heterocycles. The quantitative estimate of drug-likeness (QED) is 0.661. The van der Waals surface area contributed by atoms with Crippen LogP contribution >= 0.6 is 0 Å². The van der Waals surface area contributed by atoms with Gasteiger partial charge in [0.05, 0.1) is 17.1 Å². The monoisotopic (exact) mass is 426 g/mol. The van der Waals surface area contributed by atoms with Gasteiger partial charge in [-0.25, -0.2) is 0 Å². The predicted molar refractivity (Wildman–Crippen MR) is 124 cm³/mol. The van der Waals surface area contributed by atoms with E-state index in [0.29, 0.717) is 29.3 Å². The first-order chi connectivity index (χ1) is 15.7. The molecule has 2 bridgehead atoms. The van der Waals surface area contributed by atoms with Crippen LogP contribution in [-0.4, -0.2) is 51.2 Å². The van der Waals surface area contributed by atoms with Crippen LogP contribution in [-0.2, 0) is 0 Å². The number of phenolic OH excluding ortho intramolecular Hbond substituents is 1. The molecule has 7 nitrogen and oxygen atoms in total. The fourth-order valence-corrected chi connectivity index (χ4v) is 5.47. The molecule has 3 aliphatic rings. The first kappa shape index (κ1) is 19.4. The Labute approximate surface area is 187 Å². The van der Waals surface area contributed by atoms with Crippen molar-refractivity contribution in [3.8, 4) is 28.3 Å². The van der Waals surface area contributed by atoms with Crippen LogP contribution < -0.4 is 10.2 Å². The number of phenols is 1. The molecule has 32 heavy (non-hydrogen) atoms. The molecule has 0 radical (unpaired) electrons. The number of hydrogen-bond donors (Lipinski definition) is 2. The molecule has 7 heteroatoms. The van der Waals surface area contributed by atoms with Gasteiger partial charge in [0.25, 0.3) is 0 Å². The van der Waals surface area contributed by atoms with Crippen LogP contribution in [0.25, 0.3) is 28.1 Å².